The molecule has 37 heavy (non-hydrogen) atoms. The van der Waals surface area contributed by atoms with E-state index in [-0.39, 0.29) is 18.5 Å². The predicted octanol–water partition coefficient (Wildman–Crippen LogP) is 3.28. The maximum Gasteiger partial charge on any atom is 0.263 e. The van der Waals surface area contributed by atoms with Crippen molar-refractivity contribution in [2.45, 2.75) is 25.7 Å². The molecule has 1 heterocycles. The number of H-pyrrole nitrogens is 1. The van der Waals surface area contributed by atoms with E-state index in [0.717, 1.165) is 0 Å². The number of ether oxygens (including phenoxy) is 4. The van der Waals surface area contributed by atoms with Gasteiger partial charge in [0, 0.05) is 42.2 Å². The molecule has 0 atom stereocenters. The molecule has 0 spiro atoms. The van der Waals surface area contributed by atoms with Gasteiger partial charge in [0.05, 0.1) is 34.1 Å². The van der Waals surface area contributed by atoms with E-state index in [9.17, 15) is 14.4 Å². The van der Waals surface area contributed by atoms with Crippen LogP contribution in [0.15, 0.2) is 41.3 Å². The van der Waals surface area contributed by atoms with Gasteiger partial charge in [-0.3, -0.25) is 19.6 Å². The zero-order valence-electron chi connectivity index (χ0n) is 21.3. The minimum absolute atomic E-state index is 0.0471. The van der Waals surface area contributed by atoms with Crippen molar-refractivity contribution in [3.05, 3.63) is 52.3 Å². The van der Waals surface area contributed by atoms with E-state index in [0.29, 0.717) is 58.9 Å². The first kappa shape index (κ1) is 27.3. The van der Waals surface area contributed by atoms with Gasteiger partial charge < -0.3 is 28.8 Å². The van der Waals surface area contributed by atoms with Gasteiger partial charge in [-0.15, -0.1) is 0 Å². The van der Waals surface area contributed by atoms with Crippen LogP contribution in [0.1, 0.15) is 36.0 Å². The minimum Gasteiger partial charge on any atom is -0.497 e. The molecule has 11 heteroatoms. The Morgan fingerprint density at radius 3 is 2.24 bits per heavy atom. The van der Waals surface area contributed by atoms with Crippen molar-refractivity contribution in [3.63, 3.8) is 0 Å². The Kier molecular flexibility index (Phi) is 9.33. The molecular weight excluding hydrogens is 482 g/mol. The zero-order chi connectivity index (χ0) is 26.9. The summed E-state index contributed by atoms with van der Waals surface area (Å²) in [7, 11) is 5.93. The molecular formula is C26H31N3O8. The Morgan fingerprint density at radius 2 is 1.65 bits per heavy atom. The lowest BCUT2D eigenvalue weighted by molar-refractivity contribution is -0.129. The van der Waals surface area contributed by atoms with Gasteiger partial charge in [0.25, 0.3) is 5.91 Å². The molecule has 198 valence electrons. The van der Waals surface area contributed by atoms with Gasteiger partial charge in [0.15, 0.2) is 11.5 Å². The van der Waals surface area contributed by atoms with Crippen molar-refractivity contribution < 1.29 is 33.7 Å². The number of nitrogens with zero attached hydrogens (tertiary/aromatic N) is 1. The van der Waals surface area contributed by atoms with Crippen molar-refractivity contribution in [1.82, 2.24) is 10.5 Å². The Morgan fingerprint density at radius 1 is 0.946 bits per heavy atom. The third-order valence-corrected chi connectivity index (χ3v) is 5.93. The summed E-state index contributed by atoms with van der Waals surface area (Å²) in [6, 6.07) is 8.29. The lowest BCUT2D eigenvalue weighted by Crippen LogP contribution is -2.35. The fourth-order valence-corrected chi connectivity index (χ4v) is 3.99. The summed E-state index contributed by atoms with van der Waals surface area (Å²) in [4.78, 5) is 42.9. The van der Waals surface area contributed by atoms with Gasteiger partial charge in [0.1, 0.15) is 11.3 Å². The monoisotopic (exact) mass is 513 g/mol. The standard InChI is InChI=1S/C26H31N3O8/c1-34-17-9-10-20-18(14-17)24(31)19(15-27-20)26(32)29(11-7-5-6-8-23(30)28-33)16-12-21(35-2)25(37-4)22(13-16)36-3/h9-10,12-15,33H,5-8,11H2,1-4H3,(H,27,31)(H,28,30). The van der Waals surface area contributed by atoms with Crippen LogP contribution >= 0.6 is 0 Å². The van der Waals surface area contributed by atoms with Gasteiger partial charge in [-0.2, -0.15) is 0 Å². The average molecular weight is 514 g/mol. The molecule has 0 aliphatic heterocycles. The van der Waals surface area contributed by atoms with Crippen LogP contribution in [0, 0.1) is 0 Å². The molecule has 3 N–H and O–H groups in total. The molecule has 3 rings (SSSR count). The molecule has 2 aromatic carbocycles. The van der Waals surface area contributed by atoms with Crippen LogP contribution in [0.2, 0.25) is 0 Å². The summed E-state index contributed by atoms with van der Waals surface area (Å²) in [5.41, 5.74) is 2.14. The fraction of sp³-hybridized carbons (Fsp3) is 0.346. The number of anilines is 1. The number of nitrogens with one attached hydrogen (secondary N) is 2. The van der Waals surface area contributed by atoms with E-state index in [2.05, 4.69) is 4.98 Å². The lowest BCUT2D eigenvalue weighted by Gasteiger charge is -2.25. The summed E-state index contributed by atoms with van der Waals surface area (Å²) < 4.78 is 21.5. The summed E-state index contributed by atoms with van der Waals surface area (Å²) in [5.74, 6) is 0.574. The normalized spacial score (nSPS) is 10.6. The van der Waals surface area contributed by atoms with Crippen molar-refractivity contribution in [3.8, 4) is 23.0 Å². The van der Waals surface area contributed by atoms with E-state index < -0.39 is 17.2 Å². The molecule has 0 aliphatic carbocycles. The number of carbonyl (C=O) groups excluding carboxylic acids is 2. The summed E-state index contributed by atoms with van der Waals surface area (Å²) in [6.07, 6.45) is 3.20. The molecule has 0 radical (unpaired) electrons. The molecule has 2 amide bonds. The van der Waals surface area contributed by atoms with Gasteiger partial charge >= 0.3 is 0 Å². The quantitative estimate of drug-likeness (QED) is 0.191. The highest BCUT2D eigenvalue weighted by Gasteiger charge is 2.24. The number of unbranched alkanes of at least 4 members (excludes halogenated alkanes) is 2. The lowest BCUT2D eigenvalue weighted by atomic mass is 10.1. The Bertz CT molecular complexity index is 1300. The number of carbonyl (C=O) groups is 2. The summed E-state index contributed by atoms with van der Waals surface area (Å²) >= 11 is 0. The van der Waals surface area contributed by atoms with Crippen LogP contribution in [0.4, 0.5) is 5.69 Å². The van der Waals surface area contributed by atoms with Gasteiger partial charge in [-0.05, 0) is 31.0 Å². The third-order valence-electron chi connectivity index (χ3n) is 5.93. The van der Waals surface area contributed by atoms with E-state index >= 15 is 0 Å². The third kappa shape index (κ3) is 6.12. The number of hydrogen-bond acceptors (Lipinski definition) is 8. The molecule has 0 bridgehead atoms. The average Bonchev–Trinajstić information content (AvgIpc) is 2.93. The van der Waals surface area contributed by atoms with Crippen LogP contribution in [0.5, 0.6) is 23.0 Å². The molecule has 0 unspecified atom stereocenters. The first-order valence-electron chi connectivity index (χ1n) is 11.6. The summed E-state index contributed by atoms with van der Waals surface area (Å²) in [6.45, 7) is 0.244. The number of fused-ring (bicyclic) bond motifs is 1. The molecule has 11 nitrogen and oxygen atoms in total. The Labute approximate surface area is 213 Å². The number of methoxy groups -OCH3 is 4. The Balaban J connectivity index is 2.02. The van der Waals surface area contributed by atoms with Crippen LogP contribution in [-0.2, 0) is 4.79 Å². The van der Waals surface area contributed by atoms with Gasteiger partial charge in [0.2, 0.25) is 17.1 Å². The highest BCUT2D eigenvalue weighted by molar-refractivity contribution is 6.07. The van der Waals surface area contributed by atoms with Gasteiger partial charge in [-0.1, -0.05) is 6.42 Å². The second kappa shape index (κ2) is 12.6. The first-order chi connectivity index (χ1) is 17.9. The predicted molar refractivity (Wildman–Crippen MR) is 137 cm³/mol. The second-order valence-corrected chi connectivity index (χ2v) is 8.13. The molecule has 0 fully saturated rings. The number of aromatic nitrogens is 1. The van der Waals surface area contributed by atoms with Crippen LogP contribution in [0.25, 0.3) is 10.9 Å². The maximum atomic E-state index is 13.8. The fourth-order valence-electron chi connectivity index (χ4n) is 3.99. The number of rotatable bonds is 12. The molecule has 0 saturated heterocycles. The molecule has 0 aliphatic rings. The van der Waals surface area contributed by atoms with E-state index in [1.807, 2.05) is 0 Å². The first-order valence-corrected chi connectivity index (χ1v) is 11.6. The highest BCUT2D eigenvalue weighted by atomic mass is 16.5. The smallest absolute Gasteiger partial charge is 0.263 e. The van der Waals surface area contributed by atoms with Crippen molar-refractivity contribution >= 4 is 28.4 Å². The number of hydrogen-bond donors (Lipinski definition) is 3. The summed E-state index contributed by atoms with van der Waals surface area (Å²) in [5, 5.41) is 9.00. The zero-order valence-corrected chi connectivity index (χ0v) is 21.3. The van der Waals surface area contributed by atoms with E-state index in [1.54, 1.807) is 35.8 Å². The van der Waals surface area contributed by atoms with Crippen LogP contribution in [-0.4, -0.2) is 57.0 Å². The number of amides is 2. The van der Waals surface area contributed by atoms with Crippen molar-refractivity contribution in [2.24, 2.45) is 0 Å². The van der Waals surface area contributed by atoms with Crippen molar-refractivity contribution in [2.75, 3.05) is 39.9 Å². The second-order valence-electron chi connectivity index (χ2n) is 8.13. The number of benzene rings is 2. The van der Waals surface area contributed by atoms with E-state index in [1.165, 1.54) is 39.5 Å². The van der Waals surface area contributed by atoms with Crippen molar-refractivity contribution in [1.29, 1.82) is 0 Å². The largest absolute Gasteiger partial charge is 0.497 e. The molecule has 1 aromatic heterocycles. The van der Waals surface area contributed by atoms with Crippen LogP contribution < -0.4 is 34.8 Å². The maximum absolute atomic E-state index is 13.8. The highest BCUT2D eigenvalue weighted by Crippen LogP contribution is 2.41. The number of pyridine rings is 1. The molecule has 0 saturated carbocycles. The molecule has 3 aromatic rings. The SMILES string of the molecule is COc1ccc2[nH]cc(C(=O)N(CCCCCC(=O)NO)c3cc(OC)c(OC)c(OC)c3)c(=O)c2c1. The van der Waals surface area contributed by atoms with E-state index in [4.69, 9.17) is 24.2 Å². The van der Waals surface area contributed by atoms with Crippen LogP contribution in [0.3, 0.4) is 0 Å². The minimum atomic E-state index is -0.520. The van der Waals surface area contributed by atoms with Gasteiger partial charge in [-0.25, -0.2) is 5.48 Å². The Hall–Kier alpha value is -4.25. The number of aromatic amines is 1. The topological polar surface area (TPSA) is 139 Å². The number of hydroxylamine groups is 1.